The molecule has 0 bridgehead atoms. The molecule has 2 rings (SSSR count). The van der Waals surface area contributed by atoms with Gasteiger partial charge >= 0.3 is 0 Å². The average Bonchev–Trinajstić information content (AvgIpc) is 2.38. The molecule has 0 amide bonds. The number of pyridine rings is 1. The number of rotatable bonds is 3. The molecule has 20 heavy (non-hydrogen) atoms. The van der Waals surface area contributed by atoms with Crippen molar-refractivity contribution in [1.29, 1.82) is 0 Å². The number of sulfone groups is 1. The number of nitrogens with zero attached hydrogens (tertiary/aromatic N) is 1. The van der Waals surface area contributed by atoms with Crippen molar-refractivity contribution in [3.05, 3.63) is 58.8 Å². The molecule has 0 saturated heterocycles. The van der Waals surface area contributed by atoms with Crippen LogP contribution < -0.4 is 0 Å². The van der Waals surface area contributed by atoms with Crippen LogP contribution in [-0.4, -0.2) is 13.4 Å². The van der Waals surface area contributed by atoms with Crippen LogP contribution in [0.15, 0.2) is 41.6 Å². The van der Waals surface area contributed by atoms with Crippen molar-refractivity contribution in [1.82, 2.24) is 4.98 Å². The molecule has 1 aromatic carbocycles. The lowest BCUT2D eigenvalue weighted by atomic mass is 9.98. The van der Waals surface area contributed by atoms with Gasteiger partial charge in [0.15, 0.2) is 5.03 Å². The molecule has 0 fully saturated rings. The summed E-state index contributed by atoms with van der Waals surface area (Å²) in [6.45, 7) is 7.66. The maximum Gasteiger partial charge on any atom is 0.202 e. The highest BCUT2D eigenvalue weighted by molar-refractivity contribution is 7.91. The zero-order valence-electron chi connectivity index (χ0n) is 12.2. The van der Waals surface area contributed by atoms with E-state index < -0.39 is 15.1 Å². The summed E-state index contributed by atoms with van der Waals surface area (Å²) in [6, 6.07) is 9.00. The first-order chi connectivity index (χ1) is 9.34. The fourth-order valence-electron chi connectivity index (χ4n) is 2.68. The van der Waals surface area contributed by atoms with Gasteiger partial charge in [0.2, 0.25) is 9.84 Å². The Morgan fingerprint density at radius 2 is 1.65 bits per heavy atom. The molecule has 0 radical (unpaired) electrons. The Morgan fingerprint density at radius 1 is 1.05 bits per heavy atom. The van der Waals surface area contributed by atoms with Crippen LogP contribution in [0.3, 0.4) is 0 Å². The smallest absolute Gasteiger partial charge is 0.202 e. The maximum absolute atomic E-state index is 12.7. The lowest BCUT2D eigenvalue weighted by Gasteiger charge is -2.18. The van der Waals surface area contributed by atoms with E-state index in [9.17, 15) is 8.42 Å². The summed E-state index contributed by atoms with van der Waals surface area (Å²) in [5.74, 6) is 0. The molecule has 0 aliphatic carbocycles. The second kappa shape index (κ2) is 5.37. The molecule has 1 heterocycles. The van der Waals surface area contributed by atoms with Crippen LogP contribution in [0, 0.1) is 20.8 Å². The Balaban J connectivity index is 2.55. The number of hydrogen-bond donors (Lipinski definition) is 0. The summed E-state index contributed by atoms with van der Waals surface area (Å²) in [5.41, 5.74) is 4.04. The van der Waals surface area contributed by atoms with Crippen molar-refractivity contribution in [2.24, 2.45) is 0 Å². The molecule has 0 aliphatic heterocycles. The van der Waals surface area contributed by atoms with Crippen molar-refractivity contribution in [3.8, 4) is 0 Å². The Morgan fingerprint density at radius 3 is 2.15 bits per heavy atom. The number of hydrogen-bond acceptors (Lipinski definition) is 3. The highest BCUT2D eigenvalue weighted by atomic mass is 32.2. The molecule has 1 aromatic heterocycles. The molecule has 106 valence electrons. The topological polar surface area (TPSA) is 47.0 Å². The Hall–Kier alpha value is -1.68. The van der Waals surface area contributed by atoms with Crippen LogP contribution in [0.4, 0.5) is 0 Å². The quantitative estimate of drug-likeness (QED) is 0.868. The summed E-state index contributed by atoms with van der Waals surface area (Å²) in [7, 11) is -3.46. The third kappa shape index (κ3) is 2.61. The van der Waals surface area contributed by atoms with E-state index in [1.54, 1.807) is 25.1 Å². The lowest BCUT2D eigenvalue weighted by molar-refractivity contribution is 0.581. The van der Waals surface area contributed by atoms with Gasteiger partial charge in [0.05, 0.1) is 5.25 Å². The normalized spacial score (nSPS) is 13.2. The minimum absolute atomic E-state index is 0.131. The first-order valence-electron chi connectivity index (χ1n) is 6.56. The minimum atomic E-state index is -3.46. The second-order valence-electron chi connectivity index (χ2n) is 5.17. The minimum Gasteiger partial charge on any atom is -0.245 e. The van der Waals surface area contributed by atoms with E-state index in [0.29, 0.717) is 0 Å². The number of aryl methyl sites for hydroxylation is 3. The van der Waals surface area contributed by atoms with Crippen LogP contribution in [0.25, 0.3) is 0 Å². The second-order valence-corrected chi connectivity index (χ2v) is 7.38. The zero-order valence-corrected chi connectivity index (χ0v) is 13.0. The summed E-state index contributed by atoms with van der Waals surface area (Å²) in [4.78, 5) is 3.99. The summed E-state index contributed by atoms with van der Waals surface area (Å²) in [5, 5.41) is -0.468. The largest absolute Gasteiger partial charge is 0.245 e. The first kappa shape index (κ1) is 14.7. The van der Waals surface area contributed by atoms with Crippen molar-refractivity contribution in [2.75, 3.05) is 0 Å². The van der Waals surface area contributed by atoms with Crippen molar-refractivity contribution in [2.45, 2.75) is 38.0 Å². The van der Waals surface area contributed by atoms with Crippen molar-refractivity contribution in [3.63, 3.8) is 0 Å². The van der Waals surface area contributed by atoms with Gasteiger partial charge < -0.3 is 0 Å². The molecular weight excluding hydrogens is 270 g/mol. The summed E-state index contributed by atoms with van der Waals surface area (Å²) >= 11 is 0. The molecule has 0 aliphatic rings. The van der Waals surface area contributed by atoms with E-state index in [-0.39, 0.29) is 5.03 Å². The van der Waals surface area contributed by atoms with Crippen LogP contribution in [0.5, 0.6) is 0 Å². The maximum atomic E-state index is 12.7. The Labute approximate surface area is 120 Å². The summed E-state index contributed by atoms with van der Waals surface area (Å²) < 4.78 is 25.3. The van der Waals surface area contributed by atoms with E-state index in [1.807, 2.05) is 32.9 Å². The van der Waals surface area contributed by atoms with E-state index >= 15 is 0 Å². The van der Waals surface area contributed by atoms with E-state index in [0.717, 1.165) is 22.3 Å². The van der Waals surface area contributed by atoms with Gasteiger partial charge in [-0.15, -0.1) is 0 Å². The third-order valence-electron chi connectivity index (χ3n) is 3.54. The van der Waals surface area contributed by atoms with Crippen LogP contribution >= 0.6 is 0 Å². The van der Waals surface area contributed by atoms with Crippen LogP contribution in [-0.2, 0) is 9.84 Å². The predicted octanol–water partition coefficient (Wildman–Crippen LogP) is 3.54. The van der Waals surface area contributed by atoms with Gasteiger partial charge in [-0.2, -0.15) is 0 Å². The fourth-order valence-corrected chi connectivity index (χ4v) is 4.20. The molecule has 0 spiro atoms. The highest BCUT2D eigenvalue weighted by Gasteiger charge is 2.28. The molecule has 0 N–H and O–H groups in total. The third-order valence-corrected chi connectivity index (χ3v) is 5.53. The van der Waals surface area contributed by atoms with Gasteiger partial charge in [-0.05, 0) is 56.5 Å². The van der Waals surface area contributed by atoms with E-state index in [1.165, 1.54) is 6.20 Å². The SMILES string of the molecule is Cc1cc(C)c(C(C)S(=O)(=O)c2ccccn2)c(C)c1. The molecule has 4 heteroatoms. The van der Waals surface area contributed by atoms with Crippen molar-refractivity contribution >= 4 is 9.84 Å². The van der Waals surface area contributed by atoms with Crippen LogP contribution in [0.2, 0.25) is 0 Å². The van der Waals surface area contributed by atoms with Gasteiger partial charge in [0.25, 0.3) is 0 Å². The van der Waals surface area contributed by atoms with Gasteiger partial charge in [0, 0.05) is 6.20 Å². The molecule has 2 aromatic rings. The van der Waals surface area contributed by atoms with Crippen LogP contribution in [0.1, 0.15) is 34.4 Å². The molecule has 1 unspecified atom stereocenters. The number of benzene rings is 1. The first-order valence-corrected chi connectivity index (χ1v) is 8.11. The van der Waals surface area contributed by atoms with Crippen molar-refractivity contribution < 1.29 is 8.42 Å². The standard InChI is InChI=1S/C16H19NO2S/c1-11-9-12(2)16(13(3)10-11)14(4)20(18,19)15-7-5-6-8-17-15/h5-10,14H,1-4H3. The predicted molar refractivity (Wildman–Crippen MR) is 80.5 cm³/mol. The Bertz CT molecular complexity index is 698. The van der Waals surface area contributed by atoms with Gasteiger partial charge in [-0.25, -0.2) is 13.4 Å². The molecule has 1 atom stereocenters. The van der Waals surface area contributed by atoms with E-state index in [4.69, 9.17) is 0 Å². The highest BCUT2D eigenvalue weighted by Crippen LogP contribution is 2.32. The van der Waals surface area contributed by atoms with Gasteiger partial charge in [0.1, 0.15) is 0 Å². The molecule has 0 saturated carbocycles. The zero-order chi connectivity index (χ0) is 14.9. The Kier molecular flexibility index (Phi) is 3.95. The van der Waals surface area contributed by atoms with Gasteiger partial charge in [-0.1, -0.05) is 23.8 Å². The fraction of sp³-hybridized carbons (Fsp3) is 0.312. The van der Waals surface area contributed by atoms with Gasteiger partial charge in [-0.3, -0.25) is 0 Å². The van der Waals surface area contributed by atoms with E-state index in [2.05, 4.69) is 4.98 Å². The average molecular weight is 289 g/mol. The summed E-state index contributed by atoms with van der Waals surface area (Å²) in [6.07, 6.45) is 1.51. The monoisotopic (exact) mass is 289 g/mol. The molecule has 3 nitrogen and oxygen atoms in total. The molecular formula is C16H19NO2S. The lowest BCUT2D eigenvalue weighted by Crippen LogP contribution is -2.14. The number of aromatic nitrogens is 1.